The van der Waals surface area contributed by atoms with E-state index in [4.69, 9.17) is 14.8 Å². The molecule has 2 N–H and O–H groups in total. The number of nitro groups is 1. The Labute approximate surface area is 178 Å². The Balaban J connectivity index is 0.00000320. The summed E-state index contributed by atoms with van der Waals surface area (Å²) in [7, 11) is -1.36. The molecule has 2 aromatic rings. The molecule has 11 nitrogen and oxygen atoms in total. The topological polar surface area (TPSA) is 140 Å². The zero-order chi connectivity index (χ0) is 20.8. The van der Waals surface area contributed by atoms with Crippen molar-refractivity contribution in [2.45, 2.75) is 31.6 Å². The van der Waals surface area contributed by atoms with Gasteiger partial charge in [-0.3, -0.25) is 15.0 Å². The summed E-state index contributed by atoms with van der Waals surface area (Å²) in [5, 5.41) is 40.8. The molecule has 2 heterocycles. The number of halogens is 2. The molecule has 1 fully saturated rings. The molecule has 30 heavy (non-hydrogen) atoms. The van der Waals surface area contributed by atoms with Crippen molar-refractivity contribution in [2.24, 2.45) is 0 Å². The molecule has 0 aliphatic carbocycles. The summed E-state index contributed by atoms with van der Waals surface area (Å²) in [4.78, 5) is 12.6. The van der Waals surface area contributed by atoms with Gasteiger partial charge in [-0.15, -0.1) is 17.5 Å². The quantitative estimate of drug-likeness (QED) is 0.252. The Morgan fingerprint density at radius 2 is 2.03 bits per heavy atom. The molecule has 1 aliphatic heterocycles. The lowest BCUT2D eigenvalue weighted by Gasteiger charge is -2.33. The predicted octanol–water partition coefficient (Wildman–Crippen LogP) is 1.15. The van der Waals surface area contributed by atoms with Crippen LogP contribution in [0, 0.1) is 15.9 Å². The van der Waals surface area contributed by atoms with Gasteiger partial charge in [-0.2, -0.15) is 4.68 Å². The summed E-state index contributed by atoms with van der Waals surface area (Å²) >= 11 is 0. The van der Waals surface area contributed by atoms with E-state index in [1.54, 1.807) is 0 Å². The largest absolute Gasteiger partial charge is 0.451 e. The maximum Gasteiger partial charge on any atom is 0.451 e. The van der Waals surface area contributed by atoms with E-state index in [-0.39, 0.29) is 36.1 Å². The number of non-ortho nitro benzene ring substituents is 1. The van der Waals surface area contributed by atoms with E-state index in [0.717, 1.165) is 18.2 Å². The number of aromatic nitrogens is 4. The number of hydrogen-bond donors (Lipinski definition) is 2. The van der Waals surface area contributed by atoms with Crippen molar-refractivity contribution in [1.29, 1.82) is 0 Å². The minimum absolute atomic E-state index is 0. The van der Waals surface area contributed by atoms with Crippen molar-refractivity contribution in [3.63, 3.8) is 0 Å². The van der Waals surface area contributed by atoms with Crippen LogP contribution in [0.2, 0.25) is 6.32 Å². The molecule has 14 heteroatoms. The Morgan fingerprint density at radius 1 is 1.30 bits per heavy atom. The first kappa shape index (κ1) is 24.1. The van der Waals surface area contributed by atoms with E-state index in [0.29, 0.717) is 51.4 Å². The first-order valence-electron chi connectivity index (χ1n) is 9.38. The van der Waals surface area contributed by atoms with Gasteiger partial charge in [0, 0.05) is 25.2 Å². The number of nitro benzene ring substituents is 1. The van der Waals surface area contributed by atoms with Crippen LogP contribution < -0.4 is 0 Å². The standard InChI is InChI=1S/C16H22BFN6O5.ClH/c18-13-5-4-12(24(27)28)11-15(13)23-16(19-20-21-23)14(3-1-2-6-17(25)26)22-7-9-29-10-8-22;/h4-5,11,14,25-26H,1-3,6-10H2;1H. The molecule has 1 aliphatic rings. The van der Waals surface area contributed by atoms with Gasteiger partial charge in [-0.1, -0.05) is 12.8 Å². The van der Waals surface area contributed by atoms with Gasteiger partial charge in [-0.05, 0) is 29.2 Å². The normalized spacial score (nSPS) is 15.4. The Hall–Kier alpha value is -2.19. The average molecular weight is 445 g/mol. The number of morpholine rings is 1. The maximum atomic E-state index is 14.4. The molecule has 0 amide bonds. The molecule has 0 spiro atoms. The second-order valence-electron chi connectivity index (χ2n) is 6.77. The number of rotatable bonds is 9. The predicted molar refractivity (Wildman–Crippen MR) is 107 cm³/mol. The van der Waals surface area contributed by atoms with Gasteiger partial charge in [0.05, 0.1) is 24.2 Å². The molecule has 3 rings (SSSR count). The molecule has 0 saturated carbocycles. The Morgan fingerprint density at radius 3 is 2.70 bits per heavy atom. The molecule has 1 unspecified atom stereocenters. The molecular formula is C16H23BClFN6O5. The summed E-state index contributed by atoms with van der Waals surface area (Å²) in [6.07, 6.45) is 2.11. The summed E-state index contributed by atoms with van der Waals surface area (Å²) in [6.45, 7) is 2.35. The van der Waals surface area contributed by atoms with Crippen molar-refractivity contribution in [3.8, 4) is 5.69 Å². The van der Waals surface area contributed by atoms with E-state index in [1.165, 1.54) is 4.68 Å². The fraction of sp³-hybridized carbons (Fsp3) is 0.562. The van der Waals surface area contributed by atoms with Crippen LogP contribution >= 0.6 is 12.4 Å². The van der Waals surface area contributed by atoms with Gasteiger partial charge in [0.25, 0.3) is 5.69 Å². The van der Waals surface area contributed by atoms with Crippen LogP contribution in [0.4, 0.5) is 10.1 Å². The van der Waals surface area contributed by atoms with Gasteiger partial charge in [0.15, 0.2) is 5.82 Å². The van der Waals surface area contributed by atoms with Crippen molar-refractivity contribution in [2.75, 3.05) is 26.3 Å². The fourth-order valence-corrected chi connectivity index (χ4v) is 3.38. The van der Waals surface area contributed by atoms with E-state index < -0.39 is 17.9 Å². The number of hydrogen-bond acceptors (Lipinski definition) is 9. The molecular weight excluding hydrogens is 421 g/mol. The van der Waals surface area contributed by atoms with Crippen LogP contribution in [0.5, 0.6) is 0 Å². The zero-order valence-corrected chi connectivity index (χ0v) is 16.9. The van der Waals surface area contributed by atoms with Crippen molar-refractivity contribution in [3.05, 3.63) is 40.0 Å². The van der Waals surface area contributed by atoms with Crippen LogP contribution in [0.25, 0.3) is 5.69 Å². The minimum atomic E-state index is -1.36. The van der Waals surface area contributed by atoms with E-state index in [2.05, 4.69) is 20.4 Å². The maximum absolute atomic E-state index is 14.4. The number of ether oxygens (including phenoxy) is 1. The summed E-state index contributed by atoms with van der Waals surface area (Å²) in [5.74, 6) is -0.302. The smallest absolute Gasteiger partial charge is 0.427 e. The molecule has 164 valence electrons. The molecule has 1 aromatic carbocycles. The Kier molecular flexibility index (Phi) is 9.05. The lowest BCUT2D eigenvalue weighted by molar-refractivity contribution is -0.384. The van der Waals surface area contributed by atoms with Crippen LogP contribution in [0.15, 0.2) is 18.2 Å². The van der Waals surface area contributed by atoms with Gasteiger partial charge < -0.3 is 14.8 Å². The van der Waals surface area contributed by atoms with E-state index in [1.807, 2.05) is 0 Å². The molecule has 0 radical (unpaired) electrons. The van der Waals surface area contributed by atoms with Crippen LogP contribution in [-0.4, -0.2) is 73.5 Å². The highest BCUT2D eigenvalue weighted by Crippen LogP contribution is 2.29. The third kappa shape index (κ3) is 5.92. The van der Waals surface area contributed by atoms with Crippen molar-refractivity contribution < 1.29 is 24.1 Å². The van der Waals surface area contributed by atoms with E-state index in [9.17, 15) is 14.5 Å². The third-order valence-corrected chi connectivity index (χ3v) is 4.84. The zero-order valence-electron chi connectivity index (χ0n) is 16.1. The lowest BCUT2D eigenvalue weighted by atomic mass is 9.83. The summed E-state index contributed by atoms with van der Waals surface area (Å²) < 4.78 is 21.0. The molecule has 1 aromatic heterocycles. The highest BCUT2D eigenvalue weighted by molar-refractivity contribution is 6.40. The highest BCUT2D eigenvalue weighted by atomic mass is 35.5. The second-order valence-corrected chi connectivity index (χ2v) is 6.77. The van der Waals surface area contributed by atoms with Crippen LogP contribution in [0.3, 0.4) is 0 Å². The van der Waals surface area contributed by atoms with Crippen molar-refractivity contribution in [1.82, 2.24) is 25.1 Å². The van der Waals surface area contributed by atoms with Gasteiger partial charge in [0.1, 0.15) is 11.5 Å². The molecule has 0 bridgehead atoms. The monoisotopic (exact) mass is 444 g/mol. The van der Waals surface area contributed by atoms with Crippen molar-refractivity contribution >= 4 is 25.2 Å². The Bertz CT molecular complexity index is 838. The molecule has 1 atom stereocenters. The fourth-order valence-electron chi connectivity index (χ4n) is 3.38. The highest BCUT2D eigenvalue weighted by Gasteiger charge is 2.29. The summed E-state index contributed by atoms with van der Waals surface area (Å²) in [6, 6.07) is 2.94. The van der Waals surface area contributed by atoms with Gasteiger partial charge in [-0.25, -0.2) is 4.39 Å². The van der Waals surface area contributed by atoms with E-state index >= 15 is 0 Å². The van der Waals surface area contributed by atoms with Crippen LogP contribution in [0.1, 0.15) is 31.1 Å². The number of unbranched alkanes of at least 4 members (excludes halogenated alkanes) is 1. The number of tetrazole rings is 1. The number of nitrogens with zero attached hydrogens (tertiary/aromatic N) is 6. The first-order valence-corrected chi connectivity index (χ1v) is 9.38. The average Bonchev–Trinajstić information content (AvgIpc) is 3.17. The lowest BCUT2D eigenvalue weighted by Crippen LogP contribution is -2.40. The number of benzene rings is 1. The van der Waals surface area contributed by atoms with Gasteiger partial charge >= 0.3 is 7.12 Å². The first-order chi connectivity index (χ1) is 14.0. The van der Waals surface area contributed by atoms with Crippen LogP contribution in [-0.2, 0) is 4.74 Å². The summed E-state index contributed by atoms with van der Waals surface area (Å²) in [5.41, 5.74) is -0.356. The third-order valence-electron chi connectivity index (χ3n) is 4.84. The minimum Gasteiger partial charge on any atom is -0.427 e. The van der Waals surface area contributed by atoms with Gasteiger partial charge in [0.2, 0.25) is 0 Å². The second kappa shape index (κ2) is 11.3. The molecule has 1 saturated heterocycles. The SMILES string of the molecule is Cl.O=[N+]([O-])c1ccc(F)c(-n2nnnc2C(CCCCB(O)O)N2CCOCC2)c1.